The second-order valence-electron chi connectivity index (χ2n) is 3.67. The van der Waals surface area contributed by atoms with E-state index in [4.69, 9.17) is 22.0 Å². The van der Waals surface area contributed by atoms with Crippen molar-refractivity contribution in [3.63, 3.8) is 0 Å². The fourth-order valence-corrected chi connectivity index (χ4v) is 1.09. The molecule has 0 rings (SSSR count). The van der Waals surface area contributed by atoms with E-state index in [-0.39, 0.29) is 29.4 Å². The molecule has 0 spiro atoms. The van der Waals surface area contributed by atoms with Gasteiger partial charge >= 0.3 is 5.97 Å². The molecule has 0 aliphatic heterocycles. The first-order valence-electron chi connectivity index (χ1n) is 5.21. The molecule has 8 nitrogen and oxygen atoms in total. The molecule has 2 atom stereocenters. The van der Waals surface area contributed by atoms with Gasteiger partial charge < -0.3 is 27.2 Å². The predicted molar refractivity (Wildman–Crippen MR) is 62.4 cm³/mol. The average molecular weight is 309 g/mol. The number of carboxylic acids is 1. The summed E-state index contributed by atoms with van der Waals surface area (Å²) in [5, 5.41) is 20.6. The maximum absolute atomic E-state index is 11.2. The topological polar surface area (TPSA) is 154 Å². The number of nitrogens with two attached hydrogens (primary N) is 2. The number of carbonyl (C=O) groups excluding carboxylic acids is 1. The third kappa shape index (κ3) is 8.80. The van der Waals surface area contributed by atoms with E-state index in [2.05, 4.69) is 10.6 Å². The number of aliphatic carboxylic acids is 1. The van der Waals surface area contributed by atoms with Gasteiger partial charge in [-0.2, -0.15) is 0 Å². The van der Waals surface area contributed by atoms with E-state index in [0.29, 0.717) is 13.0 Å². The minimum atomic E-state index is -1.11. The van der Waals surface area contributed by atoms with Gasteiger partial charge in [0.25, 0.3) is 0 Å². The van der Waals surface area contributed by atoms with Crippen molar-refractivity contribution >= 4 is 17.8 Å². The number of rotatable bonds is 7. The predicted octanol–water partition coefficient (Wildman–Crippen LogP) is -1.84. The van der Waals surface area contributed by atoms with Gasteiger partial charge in [0.2, 0.25) is 5.91 Å². The summed E-state index contributed by atoms with van der Waals surface area (Å²) in [5.74, 6) is -1.78. The third-order valence-corrected chi connectivity index (χ3v) is 2.01. The number of hydrogen-bond acceptors (Lipinski definition) is 4. The van der Waals surface area contributed by atoms with Crippen LogP contribution >= 0.6 is 0 Å². The minimum Gasteiger partial charge on any atom is -0.480 e. The molecular formula is C9H19CuN5O3. The molecule has 0 fully saturated rings. The van der Waals surface area contributed by atoms with Gasteiger partial charge in [0.05, 0.1) is 6.04 Å². The summed E-state index contributed by atoms with van der Waals surface area (Å²) in [7, 11) is 0. The minimum absolute atomic E-state index is 0. The van der Waals surface area contributed by atoms with E-state index in [1.54, 1.807) is 0 Å². The summed E-state index contributed by atoms with van der Waals surface area (Å²) in [6.07, 6.45) is 0.712. The summed E-state index contributed by atoms with van der Waals surface area (Å²) >= 11 is 0. The van der Waals surface area contributed by atoms with Crippen molar-refractivity contribution in [2.45, 2.75) is 31.8 Å². The van der Waals surface area contributed by atoms with Crippen molar-refractivity contribution in [1.29, 1.82) is 5.41 Å². The maximum atomic E-state index is 11.2. The van der Waals surface area contributed by atoms with Crippen LogP contribution in [0.4, 0.5) is 0 Å². The Bertz CT molecular complexity index is 298. The fourth-order valence-electron chi connectivity index (χ4n) is 1.09. The second-order valence-corrected chi connectivity index (χ2v) is 3.67. The van der Waals surface area contributed by atoms with Crippen LogP contribution in [0, 0.1) is 5.41 Å². The van der Waals surface area contributed by atoms with Crippen LogP contribution in [0.3, 0.4) is 0 Å². The molecule has 0 saturated carbocycles. The van der Waals surface area contributed by atoms with Gasteiger partial charge in [0, 0.05) is 23.6 Å². The third-order valence-electron chi connectivity index (χ3n) is 2.01. The molecular weight excluding hydrogens is 290 g/mol. The molecule has 0 heterocycles. The Hall–Kier alpha value is -1.31. The number of carbonyl (C=O) groups is 2. The van der Waals surface area contributed by atoms with Crippen molar-refractivity contribution in [2.24, 2.45) is 11.5 Å². The monoisotopic (exact) mass is 308 g/mol. The van der Waals surface area contributed by atoms with Gasteiger partial charge in [0.15, 0.2) is 5.96 Å². The molecule has 1 radical (unpaired) electrons. The Kier molecular flexibility index (Phi) is 10.3. The van der Waals surface area contributed by atoms with Gasteiger partial charge in [-0.3, -0.25) is 10.2 Å². The van der Waals surface area contributed by atoms with E-state index in [9.17, 15) is 9.59 Å². The Labute approximate surface area is 116 Å². The van der Waals surface area contributed by atoms with Crippen LogP contribution in [0.1, 0.15) is 19.8 Å². The molecule has 2 unspecified atom stereocenters. The van der Waals surface area contributed by atoms with Crippen molar-refractivity contribution in [2.75, 3.05) is 6.54 Å². The van der Waals surface area contributed by atoms with Crippen LogP contribution < -0.4 is 22.1 Å². The molecule has 0 aromatic rings. The largest absolute Gasteiger partial charge is 0.480 e. The van der Waals surface area contributed by atoms with Crippen LogP contribution in [0.2, 0.25) is 0 Å². The smallest absolute Gasteiger partial charge is 0.326 e. The van der Waals surface area contributed by atoms with Gasteiger partial charge in [-0.15, -0.1) is 0 Å². The average Bonchev–Trinajstić information content (AvgIpc) is 2.21. The zero-order valence-corrected chi connectivity index (χ0v) is 10.9. The van der Waals surface area contributed by atoms with Gasteiger partial charge in [0.1, 0.15) is 6.04 Å². The Morgan fingerprint density at radius 1 is 1.44 bits per heavy atom. The van der Waals surface area contributed by atoms with Gasteiger partial charge in [-0.25, -0.2) is 4.79 Å². The van der Waals surface area contributed by atoms with Crippen LogP contribution in [0.15, 0.2) is 0 Å². The van der Waals surface area contributed by atoms with Crippen LogP contribution in [0.5, 0.6) is 0 Å². The number of guanidine groups is 1. The Balaban J connectivity index is 0. The summed E-state index contributed by atoms with van der Waals surface area (Å²) < 4.78 is 0. The number of carboxylic acid groups (broad SMARTS) is 1. The van der Waals surface area contributed by atoms with Gasteiger partial charge in [-0.05, 0) is 19.8 Å². The first-order chi connectivity index (χ1) is 7.84. The molecule has 18 heavy (non-hydrogen) atoms. The molecule has 0 aliphatic rings. The normalized spacial score (nSPS) is 12.8. The zero-order valence-electron chi connectivity index (χ0n) is 10.00. The van der Waals surface area contributed by atoms with Gasteiger partial charge in [-0.1, -0.05) is 0 Å². The number of hydrogen-bond donors (Lipinski definition) is 6. The molecule has 9 heteroatoms. The number of amides is 1. The van der Waals surface area contributed by atoms with E-state index in [1.165, 1.54) is 6.92 Å². The van der Waals surface area contributed by atoms with Crippen molar-refractivity contribution in [3.05, 3.63) is 0 Å². The van der Waals surface area contributed by atoms with Crippen LogP contribution in [0.25, 0.3) is 0 Å². The first kappa shape index (κ1) is 19.0. The molecule has 0 saturated heterocycles. The van der Waals surface area contributed by atoms with E-state index in [1.807, 2.05) is 0 Å². The molecule has 0 aliphatic carbocycles. The van der Waals surface area contributed by atoms with Crippen molar-refractivity contribution in [1.82, 2.24) is 10.6 Å². The Morgan fingerprint density at radius 2 is 2.00 bits per heavy atom. The molecule has 109 valence electrons. The molecule has 0 aromatic carbocycles. The summed E-state index contributed by atoms with van der Waals surface area (Å²) in [5.41, 5.74) is 10.4. The van der Waals surface area contributed by atoms with Crippen molar-refractivity contribution in [3.8, 4) is 0 Å². The van der Waals surface area contributed by atoms with Crippen molar-refractivity contribution < 1.29 is 31.8 Å². The number of nitrogens with one attached hydrogen (secondary N) is 3. The SMILES string of the molecule is CC(N)C(=O)NC(CCCNC(=N)N)C(=O)O.[Cu]. The summed E-state index contributed by atoms with van der Waals surface area (Å²) in [6.45, 7) is 1.86. The summed E-state index contributed by atoms with van der Waals surface area (Å²) in [6, 6.07) is -1.71. The standard InChI is InChI=1S/C9H19N5O3.Cu/c1-5(10)7(15)14-6(8(16)17)3-2-4-13-9(11)12;/h5-6H,2-4,10H2,1H3,(H,14,15)(H,16,17)(H4,11,12,13);. The van der Waals surface area contributed by atoms with Crippen LogP contribution in [-0.2, 0) is 26.7 Å². The molecule has 0 aromatic heterocycles. The van der Waals surface area contributed by atoms with E-state index in [0.717, 1.165) is 0 Å². The fraction of sp³-hybridized carbons (Fsp3) is 0.667. The maximum Gasteiger partial charge on any atom is 0.326 e. The zero-order chi connectivity index (χ0) is 13.4. The van der Waals surface area contributed by atoms with E-state index < -0.39 is 24.0 Å². The first-order valence-corrected chi connectivity index (χ1v) is 5.21. The van der Waals surface area contributed by atoms with Crippen LogP contribution in [-0.4, -0.2) is 41.6 Å². The second kappa shape index (κ2) is 9.69. The summed E-state index contributed by atoms with van der Waals surface area (Å²) in [4.78, 5) is 22.1. The molecule has 8 N–H and O–H groups in total. The Morgan fingerprint density at radius 3 is 2.39 bits per heavy atom. The molecule has 1 amide bonds. The molecule has 0 bridgehead atoms. The van der Waals surface area contributed by atoms with E-state index >= 15 is 0 Å². The quantitative estimate of drug-likeness (QED) is 0.141.